The van der Waals surface area contributed by atoms with Crippen molar-refractivity contribution in [2.75, 3.05) is 26.4 Å². The lowest BCUT2D eigenvalue weighted by Crippen LogP contribution is -2.29. The topological polar surface area (TPSA) is 134 Å². The maximum Gasteiger partial charge on any atom is 0.472 e. The molecule has 0 spiro atoms. The molecule has 0 aliphatic carbocycles. The molecule has 0 saturated carbocycles. The van der Waals surface area contributed by atoms with Gasteiger partial charge in [0, 0.05) is 19.4 Å². The molecule has 0 saturated heterocycles. The number of hydrogen-bond acceptors (Lipinski definition) is 8. The fourth-order valence-electron chi connectivity index (χ4n) is 4.97. The van der Waals surface area contributed by atoms with Crippen LogP contribution in [0.4, 0.5) is 0 Å². The van der Waals surface area contributed by atoms with Crippen LogP contribution in [-0.4, -0.2) is 49.3 Å². The van der Waals surface area contributed by atoms with Crippen molar-refractivity contribution in [1.82, 2.24) is 0 Å². The molecule has 0 radical (unpaired) electrons. The van der Waals surface area contributed by atoms with E-state index in [0.29, 0.717) is 12.8 Å². The second-order valence-electron chi connectivity index (χ2n) is 13.1. The quantitative estimate of drug-likeness (QED) is 0.0273. The SMILES string of the molecule is CC/C=C\C/C=C\C/C=C\C/C=C\CCCCCCC(=O)OC[C@H](COP(=O)(O)OCCN)OC(=O)CCCCCC/C=C\C/C=C\C/C=C\C/C=C\CC. The molecule has 0 bridgehead atoms. The van der Waals surface area contributed by atoms with E-state index < -0.39 is 32.5 Å². The minimum atomic E-state index is -4.40. The lowest BCUT2D eigenvalue weighted by Gasteiger charge is -2.19. The number of allylic oxidation sites excluding steroid dienone is 16. The summed E-state index contributed by atoms with van der Waals surface area (Å²) in [5.74, 6) is -0.896. The Morgan fingerprint density at radius 2 is 0.945 bits per heavy atom. The van der Waals surface area contributed by atoms with Crippen LogP contribution in [0.15, 0.2) is 97.2 Å². The lowest BCUT2D eigenvalue weighted by molar-refractivity contribution is -0.161. The lowest BCUT2D eigenvalue weighted by atomic mass is 10.1. The Morgan fingerprint density at radius 3 is 1.38 bits per heavy atom. The molecule has 10 heteroatoms. The zero-order valence-electron chi connectivity index (χ0n) is 34.1. The molecular weight excluding hydrogens is 713 g/mol. The minimum Gasteiger partial charge on any atom is -0.462 e. The van der Waals surface area contributed by atoms with Crippen molar-refractivity contribution in [2.24, 2.45) is 5.73 Å². The van der Waals surface area contributed by atoms with E-state index in [1.54, 1.807) is 0 Å². The number of hydrogen-bond donors (Lipinski definition) is 2. The molecule has 55 heavy (non-hydrogen) atoms. The predicted octanol–water partition coefficient (Wildman–Crippen LogP) is 11.8. The molecule has 0 heterocycles. The Morgan fingerprint density at radius 1 is 0.545 bits per heavy atom. The fraction of sp³-hybridized carbons (Fsp3) is 0.600. The Labute approximate surface area is 334 Å². The minimum absolute atomic E-state index is 0.0395. The molecule has 0 aliphatic rings. The van der Waals surface area contributed by atoms with E-state index in [4.69, 9.17) is 24.3 Å². The van der Waals surface area contributed by atoms with Crippen LogP contribution in [0.1, 0.15) is 142 Å². The third kappa shape index (κ3) is 40.4. The van der Waals surface area contributed by atoms with Gasteiger partial charge < -0.3 is 20.1 Å². The average molecular weight is 788 g/mol. The first-order valence-electron chi connectivity index (χ1n) is 20.7. The number of rotatable bonds is 37. The van der Waals surface area contributed by atoms with Crippen LogP contribution in [-0.2, 0) is 32.7 Å². The first kappa shape index (κ1) is 51.9. The molecule has 9 nitrogen and oxygen atoms in total. The van der Waals surface area contributed by atoms with E-state index in [0.717, 1.165) is 103 Å². The van der Waals surface area contributed by atoms with Crippen molar-refractivity contribution in [1.29, 1.82) is 0 Å². The van der Waals surface area contributed by atoms with E-state index in [1.165, 1.54) is 0 Å². The van der Waals surface area contributed by atoms with Crippen LogP contribution in [0.25, 0.3) is 0 Å². The van der Waals surface area contributed by atoms with E-state index in [1.807, 2.05) is 0 Å². The number of phosphoric ester groups is 1. The van der Waals surface area contributed by atoms with Gasteiger partial charge in [-0.3, -0.25) is 18.6 Å². The molecule has 0 aromatic carbocycles. The van der Waals surface area contributed by atoms with Gasteiger partial charge in [0.25, 0.3) is 0 Å². The molecular formula is C45H74NO8P. The highest BCUT2D eigenvalue weighted by atomic mass is 31.2. The van der Waals surface area contributed by atoms with Crippen LogP contribution >= 0.6 is 7.82 Å². The number of phosphoric acid groups is 1. The van der Waals surface area contributed by atoms with E-state index in [-0.39, 0.29) is 32.6 Å². The summed E-state index contributed by atoms with van der Waals surface area (Å²) in [7, 11) is -4.40. The van der Waals surface area contributed by atoms with Crippen LogP contribution in [0.5, 0.6) is 0 Å². The summed E-state index contributed by atoms with van der Waals surface area (Å²) in [6.45, 7) is 3.41. The zero-order valence-corrected chi connectivity index (χ0v) is 35.0. The third-order valence-electron chi connectivity index (χ3n) is 7.97. The van der Waals surface area contributed by atoms with Crippen LogP contribution in [0.2, 0.25) is 0 Å². The monoisotopic (exact) mass is 788 g/mol. The first-order valence-corrected chi connectivity index (χ1v) is 22.2. The third-order valence-corrected chi connectivity index (χ3v) is 8.95. The van der Waals surface area contributed by atoms with Gasteiger partial charge in [-0.2, -0.15) is 0 Å². The van der Waals surface area contributed by atoms with Crippen molar-refractivity contribution in [3.05, 3.63) is 97.2 Å². The smallest absolute Gasteiger partial charge is 0.462 e. The van der Waals surface area contributed by atoms with Crippen LogP contribution in [0.3, 0.4) is 0 Å². The first-order chi connectivity index (χ1) is 26.8. The summed E-state index contributed by atoms with van der Waals surface area (Å²) in [5, 5.41) is 0. The van der Waals surface area contributed by atoms with Gasteiger partial charge in [-0.05, 0) is 89.9 Å². The normalized spacial score (nSPS) is 14.3. The fourth-order valence-corrected chi connectivity index (χ4v) is 5.73. The Kier molecular flexibility index (Phi) is 38.3. The molecule has 0 rings (SSSR count). The zero-order chi connectivity index (χ0) is 40.3. The highest BCUT2D eigenvalue weighted by Crippen LogP contribution is 2.43. The summed E-state index contributed by atoms with van der Waals surface area (Å²) in [5.41, 5.74) is 5.34. The number of unbranched alkanes of at least 4 members (excludes halogenated alkanes) is 8. The Bertz CT molecular complexity index is 1220. The van der Waals surface area contributed by atoms with Gasteiger partial charge in [-0.25, -0.2) is 4.57 Å². The van der Waals surface area contributed by atoms with Gasteiger partial charge in [-0.15, -0.1) is 0 Å². The molecule has 0 aromatic rings. The molecule has 312 valence electrons. The van der Waals surface area contributed by atoms with Gasteiger partial charge in [0.15, 0.2) is 6.10 Å². The molecule has 2 atom stereocenters. The van der Waals surface area contributed by atoms with Crippen molar-refractivity contribution in [2.45, 2.75) is 148 Å². The van der Waals surface area contributed by atoms with Gasteiger partial charge >= 0.3 is 19.8 Å². The van der Waals surface area contributed by atoms with E-state index in [2.05, 4.69) is 111 Å². The van der Waals surface area contributed by atoms with Gasteiger partial charge in [0.1, 0.15) is 6.61 Å². The van der Waals surface area contributed by atoms with E-state index >= 15 is 0 Å². The molecule has 3 N–H and O–H groups in total. The van der Waals surface area contributed by atoms with E-state index in [9.17, 15) is 19.0 Å². The average Bonchev–Trinajstić information content (AvgIpc) is 3.17. The Balaban J connectivity index is 4.30. The van der Waals surface area contributed by atoms with Crippen molar-refractivity contribution in [3.8, 4) is 0 Å². The molecule has 0 aromatic heterocycles. The van der Waals surface area contributed by atoms with Gasteiger partial charge in [0.05, 0.1) is 13.2 Å². The Hall–Kier alpha value is -3.07. The summed E-state index contributed by atoms with van der Waals surface area (Å²) >= 11 is 0. The van der Waals surface area contributed by atoms with Crippen LogP contribution < -0.4 is 5.73 Å². The van der Waals surface area contributed by atoms with Gasteiger partial charge in [-0.1, -0.05) is 137 Å². The van der Waals surface area contributed by atoms with Crippen molar-refractivity contribution < 1.29 is 37.6 Å². The summed E-state index contributed by atoms with van der Waals surface area (Å²) in [6.07, 6.45) is 51.5. The summed E-state index contributed by atoms with van der Waals surface area (Å²) in [6, 6.07) is 0. The van der Waals surface area contributed by atoms with Crippen molar-refractivity contribution in [3.63, 3.8) is 0 Å². The second-order valence-corrected chi connectivity index (χ2v) is 14.5. The van der Waals surface area contributed by atoms with Crippen molar-refractivity contribution >= 4 is 19.8 Å². The number of nitrogens with two attached hydrogens (primary N) is 1. The summed E-state index contributed by atoms with van der Waals surface area (Å²) < 4.78 is 32.7. The number of ether oxygens (including phenoxy) is 2. The van der Waals surface area contributed by atoms with Crippen LogP contribution in [0, 0.1) is 0 Å². The maximum atomic E-state index is 12.6. The second kappa shape index (κ2) is 40.6. The standard InChI is InChI=1S/C45H74NO8P/c1-3-5-7-9-11-13-15-17-19-21-23-25-27-29-31-33-35-37-44(47)51-41-43(42-53-55(49,50)52-40-39-46)54-45(48)38-36-34-32-30-28-26-24-22-20-18-16-14-12-10-8-6-4-2/h5-8,11-14,17-20,23-26,43H,3-4,9-10,15-16,21-22,27-42,46H2,1-2H3,(H,49,50)/b7-5-,8-6-,13-11-,14-12-,19-17-,20-18-,25-23-,26-24-/t43-/m1/s1. The molecule has 0 fully saturated rings. The highest BCUT2D eigenvalue weighted by molar-refractivity contribution is 7.47. The number of carbonyl (C=O) groups is 2. The highest BCUT2D eigenvalue weighted by Gasteiger charge is 2.25. The summed E-state index contributed by atoms with van der Waals surface area (Å²) in [4.78, 5) is 34.8. The molecule has 0 amide bonds. The maximum absolute atomic E-state index is 12.6. The largest absolute Gasteiger partial charge is 0.472 e. The number of carbonyl (C=O) groups excluding carboxylic acids is 2. The molecule has 1 unspecified atom stereocenters. The van der Waals surface area contributed by atoms with Gasteiger partial charge in [0.2, 0.25) is 0 Å². The molecule has 0 aliphatic heterocycles. The predicted molar refractivity (Wildman–Crippen MR) is 228 cm³/mol. The number of esters is 2.